The van der Waals surface area contributed by atoms with Crippen molar-refractivity contribution < 1.29 is 20.1 Å². The lowest BCUT2D eigenvalue weighted by atomic mass is 9.41. The molecule has 4 fully saturated rings. The quantitative estimate of drug-likeness (QED) is 0.477. The molecule has 0 aromatic heterocycles. The third-order valence-corrected chi connectivity index (χ3v) is 12.7. The summed E-state index contributed by atoms with van der Waals surface area (Å²) >= 11 is 0. The lowest BCUT2D eigenvalue weighted by Gasteiger charge is -2.63. The van der Waals surface area contributed by atoms with Crippen LogP contribution in [0.2, 0.25) is 0 Å². The fraction of sp³-hybridized carbons (Fsp3) is 0.900. The summed E-state index contributed by atoms with van der Waals surface area (Å²) < 4.78 is 0. The molecule has 5 aliphatic carbocycles. The smallest absolute Gasteiger partial charge is 0.138 e. The van der Waals surface area contributed by atoms with E-state index in [1.54, 1.807) is 5.57 Å². The SMILES string of the molecule is CC(C)(O)C1CC[C@@H]([C@@H]2[C@@H](O)C[C@]3(C)C4=CC[C@H]5C(C)(C)C(=O)CC[C@]5(C)[C@H]4CC[C@@]23C)C1O. The third kappa shape index (κ3) is 3.03. The number of aliphatic hydroxyl groups is 3. The van der Waals surface area contributed by atoms with Gasteiger partial charge in [-0.2, -0.15) is 0 Å². The summed E-state index contributed by atoms with van der Waals surface area (Å²) in [5.41, 5.74) is 0.338. The summed E-state index contributed by atoms with van der Waals surface area (Å²) in [7, 11) is 0. The number of rotatable bonds is 2. The van der Waals surface area contributed by atoms with Crippen molar-refractivity contribution in [3.05, 3.63) is 11.6 Å². The zero-order valence-corrected chi connectivity index (χ0v) is 22.5. The normalized spacial score (nSPS) is 52.6. The fourth-order valence-electron chi connectivity index (χ4n) is 10.6. The Labute approximate surface area is 206 Å². The summed E-state index contributed by atoms with van der Waals surface area (Å²) in [6.45, 7) is 15.2. The minimum absolute atomic E-state index is 0.0357. The van der Waals surface area contributed by atoms with Gasteiger partial charge in [0.05, 0.1) is 17.8 Å². The largest absolute Gasteiger partial charge is 0.393 e. The minimum atomic E-state index is -0.902. The molecule has 0 saturated heterocycles. The van der Waals surface area contributed by atoms with Crippen LogP contribution in [0.25, 0.3) is 0 Å². The van der Waals surface area contributed by atoms with E-state index >= 15 is 0 Å². The maximum atomic E-state index is 12.8. The van der Waals surface area contributed by atoms with E-state index in [-0.39, 0.29) is 39.4 Å². The highest BCUT2D eigenvalue weighted by molar-refractivity contribution is 5.85. The summed E-state index contributed by atoms with van der Waals surface area (Å²) in [5, 5.41) is 33.6. The van der Waals surface area contributed by atoms with Crippen LogP contribution in [0.3, 0.4) is 0 Å². The van der Waals surface area contributed by atoms with Crippen molar-refractivity contribution in [3.63, 3.8) is 0 Å². The molecule has 10 atom stereocenters. The second kappa shape index (κ2) is 7.42. The van der Waals surface area contributed by atoms with Crippen LogP contribution in [0.5, 0.6) is 0 Å². The molecule has 0 spiro atoms. The second-order valence-corrected chi connectivity index (χ2v) is 14.7. The topological polar surface area (TPSA) is 77.8 Å². The molecule has 2 unspecified atom stereocenters. The van der Waals surface area contributed by atoms with E-state index in [1.165, 1.54) is 0 Å². The maximum Gasteiger partial charge on any atom is 0.138 e. The average Bonchev–Trinajstić information content (AvgIpc) is 3.19. The van der Waals surface area contributed by atoms with Gasteiger partial charge in [0.25, 0.3) is 0 Å². The zero-order chi connectivity index (χ0) is 25.1. The Morgan fingerprint density at radius 3 is 2.29 bits per heavy atom. The van der Waals surface area contributed by atoms with Gasteiger partial charge in [-0.25, -0.2) is 0 Å². The zero-order valence-electron chi connectivity index (χ0n) is 22.5. The van der Waals surface area contributed by atoms with Crippen molar-refractivity contribution >= 4 is 5.78 Å². The van der Waals surface area contributed by atoms with Crippen LogP contribution < -0.4 is 0 Å². The lowest BCUT2D eigenvalue weighted by molar-refractivity contribution is -0.146. The molecule has 4 nitrogen and oxygen atoms in total. The molecule has 0 amide bonds. The highest BCUT2D eigenvalue weighted by atomic mass is 16.3. The van der Waals surface area contributed by atoms with Gasteiger partial charge in [0, 0.05) is 17.8 Å². The van der Waals surface area contributed by atoms with Gasteiger partial charge in [0.2, 0.25) is 0 Å². The van der Waals surface area contributed by atoms with Gasteiger partial charge in [-0.3, -0.25) is 4.79 Å². The number of fused-ring (bicyclic) bond motifs is 5. The first-order chi connectivity index (χ1) is 15.6. The van der Waals surface area contributed by atoms with Crippen LogP contribution >= 0.6 is 0 Å². The maximum absolute atomic E-state index is 12.8. The first kappa shape index (κ1) is 25.0. The first-order valence-electron chi connectivity index (χ1n) is 13.9. The van der Waals surface area contributed by atoms with Crippen molar-refractivity contribution in [2.45, 2.75) is 118 Å². The number of carbonyl (C=O) groups excluding carboxylic acids is 1. The molecular weight excluding hydrogens is 424 g/mol. The number of Topliss-reactive ketones (excluding diaryl/α,β-unsaturated/α-hetero) is 1. The van der Waals surface area contributed by atoms with E-state index in [0.29, 0.717) is 24.0 Å². The Morgan fingerprint density at radius 1 is 1.00 bits per heavy atom. The number of hydrogen-bond acceptors (Lipinski definition) is 4. The van der Waals surface area contributed by atoms with Crippen molar-refractivity contribution in [3.8, 4) is 0 Å². The van der Waals surface area contributed by atoms with Crippen LogP contribution in [0.15, 0.2) is 11.6 Å². The summed E-state index contributed by atoms with van der Waals surface area (Å²) in [6.07, 6.45) is 8.74. The van der Waals surface area contributed by atoms with Gasteiger partial charge in [0.15, 0.2) is 0 Å². The molecule has 5 rings (SSSR count). The first-order valence-corrected chi connectivity index (χ1v) is 13.9. The van der Waals surface area contributed by atoms with Crippen LogP contribution in [-0.4, -0.2) is 38.9 Å². The molecule has 5 aliphatic rings. The highest BCUT2D eigenvalue weighted by Gasteiger charge is 2.68. The number of aliphatic hydroxyl groups excluding tert-OH is 2. The monoisotopic (exact) mass is 472 g/mol. The Bertz CT molecular complexity index is 898. The predicted molar refractivity (Wildman–Crippen MR) is 134 cm³/mol. The lowest BCUT2D eigenvalue weighted by Crippen LogP contribution is -2.57. The fourth-order valence-corrected chi connectivity index (χ4v) is 10.6. The Hall–Kier alpha value is -0.710. The molecule has 0 heterocycles. The van der Waals surface area contributed by atoms with Crippen LogP contribution in [0, 0.1) is 51.2 Å². The van der Waals surface area contributed by atoms with Gasteiger partial charge in [-0.1, -0.05) is 46.3 Å². The summed E-state index contributed by atoms with van der Waals surface area (Å²) in [5.74, 6) is 1.23. The molecular formula is C30H48O4. The number of allylic oxidation sites excluding steroid dienone is 2. The molecule has 4 saturated carbocycles. The second-order valence-electron chi connectivity index (χ2n) is 14.7. The van der Waals surface area contributed by atoms with Gasteiger partial charge >= 0.3 is 0 Å². The van der Waals surface area contributed by atoms with Crippen LogP contribution in [0.4, 0.5) is 0 Å². The Balaban J connectivity index is 1.51. The van der Waals surface area contributed by atoms with E-state index in [2.05, 4.69) is 40.7 Å². The van der Waals surface area contributed by atoms with Crippen molar-refractivity contribution in [1.29, 1.82) is 0 Å². The van der Waals surface area contributed by atoms with Crippen molar-refractivity contribution in [2.75, 3.05) is 0 Å². The Kier molecular flexibility index (Phi) is 5.44. The number of carbonyl (C=O) groups is 1. The van der Waals surface area contributed by atoms with E-state index in [4.69, 9.17) is 0 Å². The molecule has 0 bridgehead atoms. The standard InChI is InChI=1S/C30H48O4/c1-26(2)22-11-10-19-18(28(22,5)14-13-23(26)32)12-15-29(6)24(21(31)16-30(19,29)7)17-8-9-20(25(17)33)27(3,4)34/h10,17-18,20-22,24-25,31,33-34H,8-9,11-16H2,1-7H3/t17-,18-,20?,21-,22-,24+,25?,28+,29-,30+/m0/s1. The predicted octanol–water partition coefficient (Wildman–Crippen LogP) is 5.29. The van der Waals surface area contributed by atoms with Gasteiger partial charge < -0.3 is 15.3 Å². The molecule has 0 aromatic rings. The van der Waals surface area contributed by atoms with E-state index in [9.17, 15) is 20.1 Å². The van der Waals surface area contributed by atoms with Gasteiger partial charge in [0.1, 0.15) is 5.78 Å². The van der Waals surface area contributed by atoms with Gasteiger partial charge in [-0.05, 0) is 98.7 Å². The molecule has 0 aromatic carbocycles. The van der Waals surface area contributed by atoms with Gasteiger partial charge in [-0.15, -0.1) is 0 Å². The van der Waals surface area contributed by atoms with E-state index in [0.717, 1.165) is 44.9 Å². The minimum Gasteiger partial charge on any atom is -0.393 e. The van der Waals surface area contributed by atoms with Crippen molar-refractivity contribution in [2.24, 2.45) is 51.2 Å². The van der Waals surface area contributed by atoms with E-state index < -0.39 is 17.8 Å². The molecule has 3 N–H and O–H groups in total. The molecule has 192 valence electrons. The van der Waals surface area contributed by atoms with Crippen LogP contribution in [-0.2, 0) is 4.79 Å². The highest BCUT2D eigenvalue weighted by Crippen LogP contribution is 2.73. The molecule has 0 aliphatic heterocycles. The summed E-state index contributed by atoms with van der Waals surface area (Å²) in [6, 6.07) is 0. The molecule has 4 heteroatoms. The Morgan fingerprint density at radius 2 is 1.68 bits per heavy atom. The van der Waals surface area contributed by atoms with E-state index in [1.807, 2.05) is 13.8 Å². The number of ketones is 1. The molecule has 0 radical (unpaired) electrons. The molecule has 34 heavy (non-hydrogen) atoms. The average molecular weight is 473 g/mol. The number of hydrogen-bond donors (Lipinski definition) is 3. The van der Waals surface area contributed by atoms with Crippen LogP contribution in [0.1, 0.15) is 99.8 Å². The third-order valence-electron chi connectivity index (χ3n) is 12.7. The summed E-state index contributed by atoms with van der Waals surface area (Å²) in [4.78, 5) is 12.8. The van der Waals surface area contributed by atoms with Crippen molar-refractivity contribution in [1.82, 2.24) is 0 Å².